The molecule has 202 valence electrons. The van der Waals surface area contributed by atoms with Crippen LogP contribution in [0.2, 0.25) is 0 Å². The fourth-order valence-electron chi connectivity index (χ4n) is 2.34. The van der Waals surface area contributed by atoms with Crippen LogP contribution in [-0.4, -0.2) is 19.1 Å². The van der Waals surface area contributed by atoms with Crippen molar-refractivity contribution in [1.82, 2.24) is 5.01 Å². The second kappa shape index (κ2) is 19.5. The van der Waals surface area contributed by atoms with E-state index in [1.165, 1.54) is 0 Å². The number of allylic oxidation sites excluding steroid dienone is 6. The number of hydrogen-bond donors (Lipinski definition) is 1. The van der Waals surface area contributed by atoms with Crippen molar-refractivity contribution in [3.63, 3.8) is 0 Å². The Morgan fingerprint density at radius 3 is 1.37 bits per heavy atom. The van der Waals surface area contributed by atoms with Gasteiger partial charge in [0.25, 0.3) is 0 Å². The summed E-state index contributed by atoms with van der Waals surface area (Å²) in [6, 6.07) is 14.1. The molecular weight excluding hydrogens is 476 g/mol. The van der Waals surface area contributed by atoms with E-state index < -0.39 is 0 Å². The molecule has 0 atom stereocenters. The number of benzene rings is 2. The van der Waals surface area contributed by atoms with Crippen LogP contribution in [0.3, 0.4) is 0 Å². The van der Waals surface area contributed by atoms with Gasteiger partial charge in [0.2, 0.25) is 0 Å². The van der Waals surface area contributed by atoms with E-state index in [0.29, 0.717) is 39.9 Å². The minimum Gasteiger partial charge on any atom is -0.458 e. The summed E-state index contributed by atoms with van der Waals surface area (Å²) < 4.78 is 11.4. The SMILES string of the molecule is C=C(/C=C\C(=C)C(=C)/C=C\C(=C)Oc1ccc(N=NN(C)C)cc1)Oc1ccc(N=NN)cc1.CC.CC. The Labute approximate surface area is 227 Å². The molecule has 0 saturated heterocycles. The van der Waals surface area contributed by atoms with Gasteiger partial charge in [-0.05, 0) is 71.8 Å². The molecule has 0 bridgehead atoms. The van der Waals surface area contributed by atoms with Gasteiger partial charge in [0.1, 0.15) is 23.0 Å². The van der Waals surface area contributed by atoms with Crippen LogP contribution in [0.1, 0.15) is 27.7 Å². The minimum absolute atomic E-state index is 0.437. The largest absolute Gasteiger partial charge is 0.458 e. The molecule has 0 aliphatic heterocycles. The minimum atomic E-state index is 0.437. The van der Waals surface area contributed by atoms with Gasteiger partial charge in [-0.25, -0.2) is 0 Å². The van der Waals surface area contributed by atoms with E-state index in [9.17, 15) is 0 Å². The Kier molecular flexibility index (Phi) is 17.0. The molecule has 8 heteroatoms. The highest BCUT2D eigenvalue weighted by Gasteiger charge is 2.00. The first-order valence-electron chi connectivity index (χ1n) is 12.1. The highest BCUT2D eigenvalue weighted by molar-refractivity contribution is 5.46. The van der Waals surface area contributed by atoms with E-state index in [1.54, 1.807) is 91.9 Å². The molecule has 0 heterocycles. The lowest BCUT2D eigenvalue weighted by Gasteiger charge is -2.07. The van der Waals surface area contributed by atoms with Gasteiger partial charge >= 0.3 is 0 Å². The predicted molar refractivity (Wildman–Crippen MR) is 159 cm³/mol. The molecule has 38 heavy (non-hydrogen) atoms. The molecule has 0 amide bonds. The van der Waals surface area contributed by atoms with E-state index in [-0.39, 0.29) is 0 Å². The molecule has 8 nitrogen and oxygen atoms in total. The quantitative estimate of drug-likeness (QED) is 0.100. The zero-order valence-corrected chi connectivity index (χ0v) is 23.4. The van der Waals surface area contributed by atoms with Crippen LogP contribution in [-0.2, 0) is 0 Å². The summed E-state index contributed by atoms with van der Waals surface area (Å²) in [5.74, 6) is 7.16. The monoisotopic (exact) mass is 516 g/mol. The molecule has 2 rings (SSSR count). The van der Waals surface area contributed by atoms with Crippen molar-refractivity contribution in [2.75, 3.05) is 14.1 Å². The maximum Gasteiger partial charge on any atom is 0.127 e. The molecule has 0 aliphatic rings. The Morgan fingerprint density at radius 1 is 0.658 bits per heavy atom. The van der Waals surface area contributed by atoms with Crippen LogP contribution in [0.5, 0.6) is 11.5 Å². The summed E-state index contributed by atoms with van der Waals surface area (Å²) in [6.45, 7) is 23.8. The predicted octanol–water partition coefficient (Wildman–Crippen LogP) is 8.97. The molecule has 0 radical (unpaired) electrons. The second-order valence-corrected chi connectivity index (χ2v) is 7.09. The topological polar surface area (TPSA) is 97.2 Å². The van der Waals surface area contributed by atoms with Crippen LogP contribution in [0.15, 0.2) is 142 Å². The average Bonchev–Trinajstić information content (AvgIpc) is 2.93. The molecule has 0 spiro atoms. The Bertz CT molecular complexity index is 1140. The van der Waals surface area contributed by atoms with Crippen molar-refractivity contribution < 1.29 is 9.47 Å². The van der Waals surface area contributed by atoms with Crippen LogP contribution in [0.4, 0.5) is 11.4 Å². The molecule has 0 unspecified atom stereocenters. The van der Waals surface area contributed by atoms with Crippen molar-refractivity contribution in [3.8, 4) is 11.5 Å². The maximum absolute atomic E-state index is 5.71. The molecule has 0 aromatic heterocycles. The standard InChI is InChI=1S/C26H28N6O2.2C2H6/c1-19(7-9-21(3)33-25-15-11-23(12-16-25)28-30-27)20(2)8-10-22(4)34-26-17-13-24(14-18-26)29-31-32(5)6;2*1-2/h7-18H,1-4H2,5-6H3,(H2,27,28);2*1-2H3/b9-7-,10-8-,31-29?;;. The third-order valence-electron chi connectivity index (χ3n) is 4.04. The van der Waals surface area contributed by atoms with Crippen molar-refractivity contribution in [1.29, 1.82) is 0 Å². The number of ether oxygens (including phenoxy) is 2. The second-order valence-electron chi connectivity index (χ2n) is 7.09. The third-order valence-corrected chi connectivity index (χ3v) is 4.04. The highest BCUT2D eigenvalue weighted by atomic mass is 16.5. The van der Waals surface area contributed by atoms with Gasteiger partial charge in [-0.2, -0.15) is 0 Å². The average molecular weight is 517 g/mol. The zero-order chi connectivity index (χ0) is 28.9. The number of hydrogen-bond acceptors (Lipinski definition) is 6. The summed E-state index contributed by atoms with van der Waals surface area (Å²) in [5, 5.41) is 16.6. The van der Waals surface area contributed by atoms with Gasteiger partial charge in [0.15, 0.2) is 0 Å². The van der Waals surface area contributed by atoms with E-state index in [0.717, 1.165) is 5.69 Å². The molecule has 0 fully saturated rings. The Balaban J connectivity index is 0.00000326. The molecular formula is C30H40N6O2. The first kappa shape index (κ1) is 33.3. The highest BCUT2D eigenvalue weighted by Crippen LogP contribution is 2.22. The van der Waals surface area contributed by atoms with Crippen LogP contribution >= 0.6 is 0 Å². The number of nitrogens with two attached hydrogens (primary N) is 1. The molecule has 0 saturated carbocycles. The van der Waals surface area contributed by atoms with Gasteiger partial charge < -0.3 is 15.3 Å². The molecule has 2 aromatic rings. The van der Waals surface area contributed by atoms with Gasteiger partial charge in [0.05, 0.1) is 11.4 Å². The summed E-state index contributed by atoms with van der Waals surface area (Å²) in [4.78, 5) is 0. The molecule has 2 N–H and O–H groups in total. The normalized spacial score (nSPS) is 10.5. The summed E-state index contributed by atoms with van der Waals surface area (Å²) >= 11 is 0. The molecule has 0 aliphatic carbocycles. The fourth-order valence-corrected chi connectivity index (χ4v) is 2.34. The lowest BCUT2D eigenvalue weighted by Crippen LogP contribution is -1.98. The summed E-state index contributed by atoms with van der Waals surface area (Å²) in [7, 11) is 3.61. The fraction of sp³-hybridized carbons (Fsp3) is 0.200. The van der Waals surface area contributed by atoms with Crippen LogP contribution in [0.25, 0.3) is 0 Å². The smallest absolute Gasteiger partial charge is 0.127 e. The summed E-state index contributed by atoms with van der Waals surface area (Å²) in [6.07, 6.45) is 6.95. The van der Waals surface area contributed by atoms with Gasteiger partial charge in [0, 0.05) is 14.1 Å². The number of nitrogens with zero attached hydrogens (tertiary/aromatic N) is 5. The van der Waals surface area contributed by atoms with Crippen molar-refractivity contribution >= 4 is 11.4 Å². The number of rotatable bonds is 12. The van der Waals surface area contributed by atoms with Crippen LogP contribution in [0, 0.1) is 0 Å². The van der Waals surface area contributed by atoms with Crippen molar-refractivity contribution in [3.05, 3.63) is 122 Å². The van der Waals surface area contributed by atoms with E-state index in [2.05, 4.69) is 47.0 Å². The lowest BCUT2D eigenvalue weighted by molar-refractivity contribution is 0.408. The molecule has 2 aromatic carbocycles. The van der Waals surface area contributed by atoms with E-state index in [4.69, 9.17) is 15.3 Å². The van der Waals surface area contributed by atoms with Gasteiger partial charge in [-0.1, -0.05) is 76.6 Å². The first-order chi connectivity index (χ1) is 18.3. The lowest BCUT2D eigenvalue weighted by atomic mass is 10.1. The van der Waals surface area contributed by atoms with Gasteiger partial charge in [-0.15, -0.1) is 10.2 Å². The van der Waals surface area contributed by atoms with Crippen molar-refractivity contribution in [2.24, 2.45) is 26.5 Å². The van der Waals surface area contributed by atoms with E-state index >= 15 is 0 Å². The Morgan fingerprint density at radius 2 is 1.03 bits per heavy atom. The van der Waals surface area contributed by atoms with E-state index in [1.807, 2.05) is 27.7 Å². The van der Waals surface area contributed by atoms with Crippen molar-refractivity contribution in [2.45, 2.75) is 27.7 Å². The Hall–Kier alpha value is -4.72. The van der Waals surface area contributed by atoms with Crippen LogP contribution < -0.4 is 15.3 Å². The summed E-state index contributed by atoms with van der Waals surface area (Å²) in [5.41, 5.74) is 2.72. The first-order valence-corrected chi connectivity index (χ1v) is 12.1. The third kappa shape index (κ3) is 14.0. The maximum atomic E-state index is 5.71. The zero-order valence-electron chi connectivity index (χ0n) is 23.4. The van der Waals surface area contributed by atoms with Gasteiger partial charge in [-0.3, -0.25) is 5.01 Å².